The minimum Gasteiger partial charge on any atom is -0.482 e. The molecule has 134 valence electrons. The first kappa shape index (κ1) is 17.9. The van der Waals surface area contributed by atoms with Crippen molar-refractivity contribution in [1.82, 2.24) is 5.32 Å². The summed E-state index contributed by atoms with van der Waals surface area (Å²) in [6.07, 6.45) is 0.766. The summed E-state index contributed by atoms with van der Waals surface area (Å²) in [4.78, 5) is 24.6. The molecule has 2 aromatic carbocycles. The fourth-order valence-electron chi connectivity index (χ4n) is 2.42. The van der Waals surface area contributed by atoms with Gasteiger partial charge in [0.25, 0.3) is 5.91 Å². The fourth-order valence-corrected chi connectivity index (χ4v) is 3.13. The van der Waals surface area contributed by atoms with Crippen molar-refractivity contribution in [3.63, 3.8) is 0 Å². The predicted octanol–water partition coefficient (Wildman–Crippen LogP) is 3.18. The molecule has 0 fully saturated rings. The average Bonchev–Trinajstić information content (AvgIpc) is 3.18. The summed E-state index contributed by atoms with van der Waals surface area (Å²) in [5.74, 6) is -0.312. The summed E-state index contributed by atoms with van der Waals surface area (Å²) in [6.45, 7) is -0.0182. The lowest BCUT2D eigenvalue weighted by atomic mass is 10.1. The highest BCUT2D eigenvalue weighted by molar-refractivity contribution is 7.09. The van der Waals surface area contributed by atoms with Gasteiger partial charge in [0, 0.05) is 11.4 Å². The third kappa shape index (κ3) is 5.32. The van der Waals surface area contributed by atoms with Crippen molar-refractivity contribution in [2.75, 3.05) is 19.8 Å². The van der Waals surface area contributed by atoms with Crippen molar-refractivity contribution in [2.24, 2.45) is 0 Å². The zero-order chi connectivity index (χ0) is 18.2. The van der Waals surface area contributed by atoms with E-state index in [0.717, 1.165) is 17.2 Å². The Morgan fingerprint density at radius 2 is 1.81 bits per heavy atom. The Labute approximate surface area is 155 Å². The van der Waals surface area contributed by atoms with Crippen molar-refractivity contribution in [1.29, 1.82) is 0 Å². The van der Waals surface area contributed by atoms with Gasteiger partial charge in [-0.15, -0.1) is 11.3 Å². The van der Waals surface area contributed by atoms with Gasteiger partial charge in [0.1, 0.15) is 5.75 Å². The van der Waals surface area contributed by atoms with E-state index in [2.05, 4.69) is 5.32 Å². The zero-order valence-electron chi connectivity index (χ0n) is 14.1. The summed E-state index contributed by atoms with van der Waals surface area (Å²) >= 11 is 1.64. The lowest BCUT2D eigenvalue weighted by Gasteiger charge is -2.08. The minimum absolute atomic E-state index is 0.235. The number of benzene rings is 2. The summed E-state index contributed by atoms with van der Waals surface area (Å²) < 4.78 is 10.4. The van der Waals surface area contributed by atoms with Gasteiger partial charge in [-0.25, -0.2) is 4.79 Å². The van der Waals surface area contributed by atoms with Crippen LogP contribution in [-0.2, 0) is 20.7 Å². The van der Waals surface area contributed by atoms with E-state index in [0.29, 0.717) is 12.3 Å². The molecule has 0 bridgehead atoms. The molecular weight excluding hydrogens is 350 g/mol. The number of amides is 1. The molecule has 0 radical (unpaired) electrons. The molecule has 3 aromatic rings. The van der Waals surface area contributed by atoms with Crippen LogP contribution in [0.4, 0.5) is 0 Å². The number of carbonyl (C=O) groups excluding carboxylic acids is 2. The molecule has 6 heteroatoms. The van der Waals surface area contributed by atoms with Crippen molar-refractivity contribution in [3.05, 3.63) is 64.9 Å². The number of nitrogens with one attached hydrogen (secondary N) is 1. The maximum Gasteiger partial charge on any atom is 0.344 e. The van der Waals surface area contributed by atoms with Crippen LogP contribution >= 0.6 is 11.3 Å². The lowest BCUT2D eigenvalue weighted by Crippen LogP contribution is -2.31. The topological polar surface area (TPSA) is 64.6 Å². The van der Waals surface area contributed by atoms with Crippen LogP contribution in [0.3, 0.4) is 0 Å². The Balaban J connectivity index is 1.36. The molecule has 1 N–H and O–H groups in total. The summed E-state index contributed by atoms with van der Waals surface area (Å²) in [7, 11) is 0. The number of fused-ring (bicyclic) bond motifs is 1. The molecule has 26 heavy (non-hydrogen) atoms. The molecule has 0 atom stereocenters. The first-order valence-electron chi connectivity index (χ1n) is 8.27. The van der Waals surface area contributed by atoms with E-state index >= 15 is 0 Å². The summed E-state index contributed by atoms with van der Waals surface area (Å²) in [6, 6.07) is 17.5. The molecule has 0 aliphatic carbocycles. The maximum atomic E-state index is 11.7. The van der Waals surface area contributed by atoms with Crippen LogP contribution in [0.1, 0.15) is 4.88 Å². The standard InChI is InChI=1S/C20H19NO4S/c22-19(21-10-9-18-6-3-11-26-18)13-25-20(23)14-24-17-8-7-15-4-1-2-5-16(15)12-17/h1-8,11-12H,9-10,13-14H2,(H,21,22). The van der Waals surface area contributed by atoms with E-state index in [-0.39, 0.29) is 19.1 Å². The van der Waals surface area contributed by atoms with Crippen LogP contribution in [0.5, 0.6) is 5.75 Å². The van der Waals surface area contributed by atoms with Crippen LogP contribution in [0.2, 0.25) is 0 Å². The van der Waals surface area contributed by atoms with E-state index in [1.165, 1.54) is 4.88 Å². The first-order valence-corrected chi connectivity index (χ1v) is 9.15. The number of hydrogen-bond donors (Lipinski definition) is 1. The van der Waals surface area contributed by atoms with Crippen LogP contribution in [-0.4, -0.2) is 31.6 Å². The van der Waals surface area contributed by atoms with E-state index < -0.39 is 5.97 Å². The number of rotatable bonds is 8. The normalized spacial score (nSPS) is 10.5. The lowest BCUT2D eigenvalue weighted by molar-refractivity contribution is -0.150. The first-order chi connectivity index (χ1) is 12.7. The Morgan fingerprint density at radius 3 is 2.62 bits per heavy atom. The third-order valence-electron chi connectivity index (χ3n) is 3.72. The van der Waals surface area contributed by atoms with Gasteiger partial charge in [-0.05, 0) is 40.8 Å². The third-order valence-corrected chi connectivity index (χ3v) is 4.65. The summed E-state index contributed by atoms with van der Waals surface area (Å²) in [5.41, 5.74) is 0. The zero-order valence-corrected chi connectivity index (χ0v) is 15.0. The van der Waals surface area contributed by atoms with Crippen LogP contribution in [0.15, 0.2) is 60.0 Å². The predicted molar refractivity (Wildman–Crippen MR) is 101 cm³/mol. The number of thiophene rings is 1. The minimum atomic E-state index is -0.577. The van der Waals surface area contributed by atoms with Gasteiger partial charge in [0.05, 0.1) is 0 Å². The van der Waals surface area contributed by atoms with Crippen LogP contribution in [0.25, 0.3) is 10.8 Å². The van der Waals surface area contributed by atoms with Crippen molar-refractivity contribution < 1.29 is 19.1 Å². The van der Waals surface area contributed by atoms with Gasteiger partial charge in [-0.2, -0.15) is 0 Å². The molecule has 1 amide bonds. The second-order valence-electron chi connectivity index (χ2n) is 5.64. The van der Waals surface area contributed by atoms with Gasteiger partial charge >= 0.3 is 5.97 Å². The van der Waals surface area contributed by atoms with E-state index in [9.17, 15) is 9.59 Å². The van der Waals surface area contributed by atoms with E-state index in [1.807, 2.05) is 53.9 Å². The molecule has 1 heterocycles. The van der Waals surface area contributed by atoms with Crippen LogP contribution < -0.4 is 10.1 Å². The quantitative estimate of drug-likeness (QED) is 0.620. The average molecular weight is 369 g/mol. The fraction of sp³-hybridized carbons (Fsp3) is 0.200. The molecule has 1 aromatic heterocycles. The Bertz CT molecular complexity index is 876. The molecule has 0 unspecified atom stereocenters. The maximum absolute atomic E-state index is 11.7. The van der Waals surface area contributed by atoms with Gasteiger partial charge < -0.3 is 14.8 Å². The van der Waals surface area contributed by atoms with Crippen molar-refractivity contribution in [3.8, 4) is 5.75 Å². The molecular formula is C20H19NO4S. The molecule has 0 aliphatic heterocycles. The Kier molecular flexibility index (Phi) is 6.22. The largest absolute Gasteiger partial charge is 0.482 e. The highest BCUT2D eigenvalue weighted by Gasteiger charge is 2.08. The van der Waals surface area contributed by atoms with Crippen molar-refractivity contribution >= 4 is 34.0 Å². The van der Waals surface area contributed by atoms with Gasteiger partial charge in [-0.3, -0.25) is 4.79 Å². The van der Waals surface area contributed by atoms with Gasteiger partial charge in [0.15, 0.2) is 13.2 Å². The number of carbonyl (C=O) groups is 2. The number of esters is 1. The second-order valence-corrected chi connectivity index (χ2v) is 6.67. The summed E-state index contributed by atoms with van der Waals surface area (Å²) in [5, 5.41) is 6.84. The molecule has 5 nitrogen and oxygen atoms in total. The molecule has 0 aliphatic rings. The smallest absolute Gasteiger partial charge is 0.344 e. The Hall–Kier alpha value is -2.86. The second kappa shape index (κ2) is 9.01. The van der Waals surface area contributed by atoms with E-state index in [1.54, 1.807) is 17.4 Å². The Morgan fingerprint density at radius 1 is 0.962 bits per heavy atom. The highest BCUT2D eigenvalue weighted by atomic mass is 32.1. The van der Waals surface area contributed by atoms with Crippen LogP contribution in [0, 0.1) is 0 Å². The molecule has 3 rings (SSSR count). The monoisotopic (exact) mass is 369 g/mol. The molecule has 0 saturated heterocycles. The van der Waals surface area contributed by atoms with Crippen molar-refractivity contribution in [2.45, 2.75) is 6.42 Å². The SMILES string of the molecule is O=C(COC(=O)COc1ccc2ccccc2c1)NCCc1cccs1. The van der Waals surface area contributed by atoms with E-state index in [4.69, 9.17) is 9.47 Å². The van der Waals surface area contributed by atoms with Gasteiger partial charge in [0.2, 0.25) is 0 Å². The van der Waals surface area contributed by atoms with Gasteiger partial charge in [-0.1, -0.05) is 36.4 Å². The molecule has 0 spiro atoms. The number of hydrogen-bond acceptors (Lipinski definition) is 5. The molecule has 0 saturated carbocycles. The highest BCUT2D eigenvalue weighted by Crippen LogP contribution is 2.20. The number of ether oxygens (including phenoxy) is 2.